The zero-order valence-electron chi connectivity index (χ0n) is 19.5. The Hall–Kier alpha value is -4.42. The minimum absolute atomic E-state index is 0.348. The van der Waals surface area contributed by atoms with Crippen LogP contribution in [0.2, 0.25) is 5.02 Å². The summed E-state index contributed by atoms with van der Waals surface area (Å²) in [6.07, 6.45) is 1.51. The number of nitrogens with zero attached hydrogens (tertiary/aromatic N) is 1. The number of halogens is 1. The highest BCUT2D eigenvalue weighted by Gasteiger charge is 2.10. The maximum Gasteiger partial charge on any atom is 0.343 e. The van der Waals surface area contributed by atoms with Crippen molar-refractivity contribution in [3.05, 3.63) is 130 Å². The lowest BCUT2D eigenvalue weighted by molar-refractivity contribution is 0.0733. The van der Waals surface area contributed by atoms with Crippen molar-refractivity contribution in [1.82, 2.24) is 5.43 Å². The average molecular weight is 499 g/mol. The molecule has 1 N–H and O–H groups in total. The number of carbonyl (C=O) groups is 2. The van der Waals surface area contributed by atoms with Gasteiger partial charge in [0.1, 0.15) is 18.1 Å². The van der Waals surface area contributed by atoms with Gasteiger partial charge in [0.2, 0.25) is 0 Å². The summed E-state index contributed by atoms with van der Waals surface area (Å²) in [6.45, 7) is 2.26. The molecule has 1 amide bonds. The van der Waals surface area contributed by atoms with Gasteiger partial charge in [-0.2, -0.15) is 5.10 Å². The standard InChI is InChI=1S/C29H23ClN2O4/c1-20-4-2-3-5-27(20)29(34)36-26-14-8-21(9-15-26)18-31-32-28(33)23-10-16-25(17-11-23)35-19-22-6-12-24(30)13-7-22/h2-18H,19H2,1H3,(H,32,33). The summed E-state index contributed by atoms with van der Waals surface area (Å²) in [5.41, 5.74) is 6.04. The predicted octanol–water partition coefficient (Wildman–Crippen LogP) is 6.21. The SMILES string of the molecule is Cc1ccccc1C(=O)Oc1ccc(C=NNC(=O)c2ccc(OCc3ccc(Cl)cc3)cc2)cc1. The molecule has 0 aliphatic rings. The van der Waals surface area contributed by atoms with E-state index in [1.807, 2.05) is 43.3 Å². The van der Waals surface area contributed by atoms with Crippen LogP contribution >= 0.6 is 11.6 Å². The van der Waals surface area contributed by atoms with Crippen molar-refractivity contribution in [2.24, 2.45) is 5.10 Å². The van der Waals surface area contributed by atoms with Crippen molar-refractivity contribution in [3.63, 3.8) is 0 Å². The van der Waals surface area contributed by atoms with Gasteiger partial charge in [0.05, 0.1) is 11.8 Å². The number of hydrogen-bond acceptors (Lipinski definition) is 5. The number of aryl methyl sites for hydroxylation is 1. The van der Waals surface area contributed by atoms with Crippen LogP contribution in [0.1, 0.15) is 37.4 Å². The third-order valence-corrected chi connectivity index (χ3v) is 5.52. The van der Waals surface area contributed by atoms with E-state index in [4.69, 9.17) is 21.1 Å². The number of hydrazone groups is 1. The number of carbonyl (C=O) groups excluding carboxylic acids is 2. The van der Waals surface area contributed by atoms with E-state index in [0.29, 0.717) is 34.3 Å². The molecule has 0 spiro atoms. The zero-order valence-corrected chi connectivity index (χ0v) is 20.2. The molecule has 0 heterocycles. The predicted molar refractivity (Wildman–Crippen MR) is 140 cm³/mol. The maximum atomic E-state index is 12.4. The first-order valence-corrected chi connectivity index (χ1v) is 11.5. The first-order valence-electron chi connectivity index (χ1n) is 11.2. The molecule has 6 nitrogen and oxygen atoms in total. The fourth-order valence-electron chi connectivity index (χ4n) is 3.27. The second-order valence-corrected chi connectivity index (χ2v) is 8.35. The molecule has 0 fully saturated rings. The minimum atomic E-state index is -0.414. The van der Waals surface area contributed by atoms with Crippen molar-refractivity contribution >= 4 is 29.7 Å². The van der Waals surface area contributed by atoms with Gasteiger partial charge in [-0.15, -0.1) is 0 Å². The van der Waals surface area contributed by atoms with Crippen molar-refractivity contribution in [1.29, 1.82) is 0 Å². The molecule has 0 bridgehead atoms. The van der Waals surface area contributed by atoms with Crippen molar-refractivity contribution < 1.29 is 19.1 Å². The summed E-state index contributed by atoms with van der Waals surface area (Å²) in [6, 6.07) is 28.3. The van der Waals surface area contributed by atoms with Crippen LogP contribution in [0.25, 0.3) is 0 Å². The molecule has 0 radical (unpaired) electrons. The van der Waals surface area contributed by atoms with Crippen LogP contribution in [-0.2, 0) is 6.61 Å². The Morgan fingerprint density at radius 3 is 2.22 bits per heavy atom. The zero-order chi connectivity index (χ0) is 25.3. The number of amides is 1. The molecular formula is C29H23ClN2O4. The van der Waals surface area contributed by atoms with Gasteiger partial charge in [-0.3, -0.25) is 4.79 Å². The van der Waals surface area contributed by atoms with Crippen LogP contribution in [0.3, 0.4) is 0 Å². The molecule has 0 aromatic heterocycles. The molecule has 0 aliphatic carbocycles. The average Bonchev–Trinajstić information content (AvgIpc) is 2.90. The molecule has 0 saturated heterocycles. The number of hydrogen-bond donors (Lipinski definition) is 1. The van der Waals surface area contributed by atoms with Crippen molar-refractivity contribution in [3.8, 4) is 11.5 Å². The Kier molecular flexibility index (Phi) is 8.11. The van der Waals surface area contributed by atoms with Gasteiger partial charge < -0.3 is 9.47 Å². The van der Waals surface area contributed by atoms with E-state index in [0.717, 1.165) is 16.7 Å². The lowest BCUT2D eigenvalue weighted by Gasteiger charge is -2.07. The number of esters is 1. The molecule has 4 rings (SSSR count). The second kappa shape index (κ2) is 11.8. The summed E-state index contributed by atoms with van der Waals surface area (Å²) >= 11 is 5.89. The van der Waals surface area contributed by atoms with Gasteiger partial charge in [-0.25, -0.2) is 10.2 Å². The Morgan fingerprint density at radius 2 is 1.53 bits per heavy atom. The van der Waals surface area contributed by atoms with Crippen LogP contribution in [0.15, 0.2) is 102 Å². The molecule has 0 atom stereocenters. The van der Waals surface area contributed by atoms with Gasteiger partial charge in [0.15, 0.2) is 0 Å². The summed E-state index contributed by atoms with van der Waals surface area (Å²) < 4.78 is 11.2. The monoisotopic (exact) mass is 498 g/mol. The Morgan fingerprint density at radius 1 is 0.861 bits per heavy atom. The quantitative estimate of drug-likeness (QED) is 0.135. The van der Waals surface area contributed by atoms with E-state index in [1.165, 1.54) is 6.21 Å². The Balaban J connectivity index is 1.26. The molecule has 0 unspecified atom stereocenters. The highest BCUT2D eigenvalue weighted by Crippen LogP contribution is 2.17. The molecule has 4 aromatic carbocycles. The molecule has 180 valence electrons. The van der Waals surface area contributed by atoms with Crippen molar-refractivity contribution in [2.75, 3.05) is 0 Å². The molecule has 36 heavy (non-hydrogen) atoms. The van der Waals surface area contributed by atoms with Crippen molar-refractivity contribution in [2.45, 2.75) is 13.5 Å². The number of benzene rings is 4. The first kappa shape index (κ1) is 24.7. The topological polar surface area (TPSA) is 77.0 Å². The maximum absolute atomic E-state index is 12.4. The van der Waals surface area contributed by atoms with Gasteiger partial charge in [0, 0.05) is 10.6 Å². The summed E-state index contributed by atoms with van der Waals surface area (Å²) in [4.78, 5) is 24.7. The molecular weight excluding hydrogens is 476 g/mol. The number of ether oxygens (including phenoxy) is 2. The molecule has 0 aliphatic heterocycles. The fraction of sp³-hybridized carbons (Fsp3) is 0.0690. The van der Waals surface area contributed by atoms with E-state index < -0.39 is 5.97 Å². The smallest absolute Gasteiger partial charge is 0.343 e. The second-order valence-electron chi connectivity index (χ2n) is 7.91. The lowest BCUT2D eigenvalue weighted by Crippen LogP contribution is -2.17. The summed E-state index contributed by atoms with van der Waals surface area (Å²) in [5.74, 6) is 0.304. The Bertz CT molecular complexity index is 1370. The van der Waals surface area contributed by atoms with Gasteiger partial charge >= 0.3 is 5.97 Å². The van der Waals surface area contributed by atoms with Crippen LogP contribution in [0.4, 0.5) is 0 Å². The third kappa shape index (κ3) is 6.81. The minimum Gasteiger partial charge on any atom is -0.489 e. The highest BCUT2D eigenvalue weighted by atomic mass is 35.5. The van der Waals surface area contributed by atoms with E-state index in [2.05, 4.69) is 10.5 Å². The summed E-state index contributed by atoms with van der Waals surface area (Å²) in [5, 5.41) is 4.67. The van der Waals surface area contributed by atoms with Crippen LogP contribution in [0.5, 0.6) is 11.5 Å². The Labute approximate surface area is 214 Å². The summed E-state index contributed by atoms with van der Waals surface area (Å²) in [7, 11) is 0. The number of nitrogens with one attached hydrogen (secondary N) is 1. The molecule has 4 aromatic rings. The van der Waals surface area contributed by atoms with E-state index in [-0.39, 0.29) is 5.91 Å². The van der Waals surface area contributed by atoms with E-state index >= 15 is 0 Å². The normalized spacial score (nSPS) is 10.7. The van der Waals surface area contributed by atoms with Crippen LogP contribution in [0, 0.1) is 6.92 Å². The van der Waals surface area contributed by atoms with Gasteiger partial charge in [-0.1, -0.05) is 41.9 Å². The number of rotatable bonds is 8. The largest absolute Gasteiger partial charge is 0.489 e. The van der Waals surface area contributed by atoms with E-state index in [9.17, 15) is 9.59 Å². The van der Waals surface area contributed by atoms with Crippen LogP contribution < -0.4 is 14.9 Å². The fourth-order valence-corrected chi connectivity index (χ4v) is 3.39. The molecule has 7 heteroatoms. The third-order valence-electron chi connectivity index (χ3n) is 5.27. The van der Waals surface area contributed by atoms with Crippen LogP contribution in [-0.4, -0.2) is 18.1 Å². The first-order chi connectivity index (χ1) is 17.5. The van der Waals surface area contributed by atoms with E-state index in [1.54, 1.807) is 60.7 Å². The van der Waals surface area contributed by atoms with Gasteiger partial charge in [0.25, 0.3) is 5.91 Å². The molecule has 0 saturated carbocycles. The lowest BCUT2D eigenvalue weighted by atomic mass is 10.1. The highest BCUT2D eigenvalue weighted by molar-refractivity contribution is 6.30. The van der Waals surface area contributed by atoms with Gasteiger partial charge in [-0.05, 0) is 90.3 Å².